The van der Waals surface area contributed by atoms with E-state index in [1.165, 1.54) is 6.42 Å². The fourth-order valence-electron chi connectivity index (χ4n) is 2.73. The van der Waals surface area contributed by atoms with Gasteiger partial charge in [0.15, 0.2) is 0 Å². The average molecular weight is 228 g/mol. The molecular formula is C13H24O3. The molecular weight excluding hydrogens is 204 g/mol. The smallest absolute Gasteiger partial charge is 0.309 e. The van der Waals surface area contributed by atoms with Crippen molar-refractivity contribution in [3.05, 3.63) is 0 Å². The van der Waals surface area contributed by atoms with Crippen LogP contribution in [0.5, 0.6) is 0 Å². The average Bonchev–Trinajstić information content (AvgIpc) is 2.25. The number of carbonyl (C=O) groups is 1. The van der Waals surface area contributed by atoms with Gasteiger partial charge >= 0.3 is 5.97 Å². The molecule has 1 aliphatic carbocycles. The Bertz CT molecular complexity index is 225. The molecule has 0 saturated heterocycles. The summed E-state index contributed by atoms with van der Waals surface area (Å²) >= 11 is 0. The van der Waals surface area contributed by atoms with E-state index >= 15 is 0 Å². The molecule has 3 atom stereocenters. The molecule has 1 fully saturated rings. The quantitative estimate of drug-likeness (QED) is 0.751. The Hall–Kier alpha value is -0.570. The maximum atomic E-state index is 11.9. The van der Waals surface area contributed by atoms with Gasteiger partial charge in [-0.1, -0.05) is 27.2 Å². The van der Waals surface area contributed by atoms with Crippen LogP contribution in [0, 0.1) is 23.7 Å². The van der Waals surface area contributed by atoms with Gasteiger partial charge in [-0.2, -0.15) is 0 Å². The molecule has 1 rings (SSSR count). The molecule has 0 spiro atoms. The van der Waals surface area contributed by atoms with Crippen molar-refractivity contribution in [2.75, 3.05) is 13.2 Å². The first-order chi connectivity index (χ1) is 7.56. The second-order valence-electron chi connectivity index (χ2n) is 5.32. The molecule has 0 aliphatic heterocycles. The molecule has 94 valence electrons. The van der Waals surface area contributed by atoms with Gasteiger partial charge in [0, 0.05) is 0 Å². The third-order valence-corrected chi connectivity index (χ3v) is 3.66. The molecule has 3 heteroatoms. The van der Waals surface area contributed by atoms with Gasteiger partial charge in [0.25, 0.3) is 0 Å². The maximum absolute atomic E-state index is 11.9. The molecule has 1 saturated carbocycles. The second-order valence-corrected chi connectivity index (χ2v) is 5.32. The molecule has 0 amide bonds. The molecule has 0 radical (unpaired) electrons. The van der Waals surface area contributed by atoms with Crippen LogP contribution in [0.4, 0.5) is 0 Å². The Morgan fingerprint density at radius 2 is 2.12 bits per heavy atom. The summed E-state index contributed by atoms with van der Waals surface area (Å²) in [6.45, 7) is 6.59. The van der Waals surface area contributed by atoms with Crippen molar-refractivity contribution in [1.82, 2.24) is 0 Å². The van der Waals surface area contributed by atoms with E-state index in [-0.39, 0.29) is 25.1 Å². The summed E-state index contributed by atoms with van der Waals surface area (Å²) in [4.78, 5) is 11.9. The lowest BCUT2D eigenvalue weighted by molar-refractivity contribution is -0.154. The van der Waals surface area contributed by atoms with Gasteiger partial charge in [-0.05, 0) is 30.6 Å². The number of aliphatic hydroxyl groups excluding tert-OH is 1. The summed E-state index contributed by atoms with van der Waals surface area (Å²) in [5.41, 5.74) is 0. The van der Waals surface area contributed by atoms with Crippen molar-refractivity contribution >= 4 is 5.97 Å². The molecule has 0 aromatic heterocycles. The minimum Gasteiger partial charge on any atom is -0.463 e. The highest BCUT2D eigenvalue weighted by Gasteiger charge is 2.36. The van der Waals surface area contributed by atoms with Crippen LogP contribution in [0.1, 0.15) is 40.0 Å². The van der Waals surface area contributed by atoms with Crippen molar-refractivity contribution in [3.63, 3.8) is 0 Å². The number of hydrogen-bond acceptors (Lipinski definition) is 3. The van der Waals surface area contributed by atoms with E-state index < -0.39 is 0 Å². The number of hydrogen-bond donors (Lipinski definition) is 1. The molecule has 0 unspecified atom stereocenters. The summed E-state index contributed by atoms with van der Waals surface area (Å²) in [7, 11) is 0. The molecule has 0 heterocycles. The van der Waals surface area contributed by atoms with E-state index in [1.54, 1.807) is 0 Å². The lowest BCUT2D eigenvalue weighted by Gasteiger charge is -2.35. The zero-order valence-electron chi connectivity index (χ0n) is 10.6. The lowest BCUT2D eigenvalue weighted by Crippen LogP contribution is -2.34. The van der Waals surface area contributed by atoms with Crippen molar-refractivity contribution < 1.29 is 14.6 Å². The van der Waals surface area contributed by atoms with Gasteiger partial charge in [0.05, 0.1) is 12.5 Å². The maximum Gasteiger partial charge on any atom is 0.309 e. The minimum atomic E-state index is -0.112. The first-order valence-corrected chi connectivity index (χ1v) is 6.33. The van der Waals surface area contributed by atoms with Gasteiger partial charge in [0.2, 0.25) is 0 Å². The van der Waals surface area contributed by atoms with Crippen LogP contribution >= 0.6 is 0 Å². The van der Waals surface area contributed by atoms with Crippen LogP contribution in [-0.2, 0) is 9.53 Å². The third kappa shape index (κ3) is 3.48. The first kappa shape index (κ1) is 13.5. The van der Waals surface area contributed by atoms with Gasteiger partial charge in [0.1, 0.15) is 6.61 Å². The largest absolute Gasteiger partial charge is 0.463 e. The first-order valence-electron chi connectivity index (χ1n) is 6.33. The van der Waals surface area contributed by atoms with Crippen LogP contribution in [0.2, 0.25) is 0 Å². The van der Waals surface area contributed by atoms with E-state index in [9.17, 15) is 4.79 Å². The Balaban J connectivity index is 2.59. The SMILES string of the molecule is CC(C)[C@@H]1CC[C@@H](C)C[C@@H]1C(=O)OCCO. The van der Waals surface area contributed by atoms with E-state index in [2.05, 4.69) is 20.8 Å². The second kappa shape index (κ2) is 6.24. The highest BCUT2D eigenvalue weighted by molar-refractivity contribution is 5.73. The minimum absolute atomic E-state index is 0.0373. The predicted molar refractivity (Wildman–Crippen MR) is 62.9 cm³/mol. The Labute approximate surface area is 98.2 Å². The van der Waals surface area contributed by atoms with Gasteiger partial charge in [-0.15, -0.1) is 0 Å². The monoisotopic (exact) mass is 228 g/mol. The number of esters is 1. The highest BCUT2D eigenvalue weighted by atomic mass is 16.5. The Morgan fingerprint density at radius 1 is 1.44 bits per heavy atom. The molecule has 0 aromatic rings. The van der Waals surface area contributed by atoms with Crippen LogP contribution in [0.25, 0.3) is 0 Å². The van der Waals surface area contributed by atoms with Gasteiger partial charge < -0.3 is 9.84 Å². The van der Waals surface area contributed by atoms with Gasteiger partial charge in [-0.25, -0.2) is 0 Å². The van der Waals surface area contributed by atoms with Crippen LogP contribution in [-0.4, -0.2) is 24.3 Å². The molecule has 1 aliphatic rings. The molecule has 0 aromatic carbocycles. The lowest BCUT2D eigenvalue weighted by atomic mass is 9.70. The van der Waals surface area contributed by atoms with Crippen LogP contribution in [0.15, 0.2) is 0 Å². The number of aliphatic hydroxyl groups is 1. The fraction of sp³-hybridized carbons (Fsp3) is 0.923. The van der Waals surface area contributed by atoms with Gasteiger partial charge in [-0.3, -0.25) is 4.79 Å². The molecule has 3 nitrogen and oxygen atoms in total. The zero-order valence-corrected chi connectivity index (χ0v) is 10.6. The van der Waals surface area contributed by atoms with Crippen molar-refractivity contribution in [3.8, 4) is 0 Å². The Kier molecular flexibility index (Phi) is 5.26. The zero-order chi connectivity index (χ0) is 12.1. The highest BCUT2D eigenvalue weighted by Crippen LogP contribution is 2.38. The number of carbonyl (C=O) groups excluding carboxylic acids is 1. The van der Waals surface area contributed by atoms with Crippen LogP contribution < -0.4 is 0 Å². The topological polar surface area (TPSA) is 46.5 Å². The van der Waals surface area contributed by atoms with Crippen LogP contribution in [0.3, 0.4) is 0 Å². The standard InChI is InChI=1S/C13H24O3/c1-9(2)11-5-4-10(3)8-12(11)13(15)16-7-6-14/h9-12,14H,4-8H2,1-3H3/t10-,11+,12+/m1/s1. The van der Waals surface area contributed by atoms with Crippen molar-refractivity contribution in [2.24, 2.45) is 23.7 Å². The molecule has 1 N–H and O–H groups in total. The summed E-state index contributed by atoms with van der Waals surface area (Å²) < 4.78 is 5.07. The molecule has 0 bridgehead atoms. The normalized spacial score (nSPS) is 30.4. The van der Waals surface area contributed by atoms with E-state index in [0.29, 0.717) is 17.8 Å². The van der Waals surface area contributed by atoms with E-state index in [0.717, 1.165) is 12.8 Å². The van der Waals surface area contributed by atoms with E-state index in [1.807, 2.05) is 0 Å². The molecule has 16 heavy (non-hydrogen) atoms. The van der Waals surface area contributed by atoms with Crippen molar-refractivity contribution in [2.45, 2.75) is 40.0 Å². The van der Waals surface area contributed by atoms with E-state index in [4.69, 9.17) is 9.84 Å². The fourth-order valence-corrected chi connectivity index (χ4v) is 2.73. The predicted octanol–water partition coefficient (Wildman–Crippen LogP) is 2.23. The Morgan fingerprint density at radius 3 is 2.69 bits per heavy atom. The summed E-state index contributed by atoms with van der Waals surface area (Å²) in [5, 5.41) is 8.66. The summed E-state index contributed by atoms with van der Waals surface area (Å²) in [5.74, 6) is 1.51. The third-order valence-electron chi connectivity index (χ3n) is 3.66. The summed E-state index contributed by atoms with van der Waals surface area (Å²) in [6, 6.07) is 0. The summed E-state index contributed by atoms with van der Waals surface area (Å²) in [6.07, 6.45) is 3.28. The number of rotatable bonds is 4. The van der Waals surface area contributed by atoms with Crippen molar-refractivity contribution in [1.29, 1.82) is 0 Å². The number of ether oxygens (including phenoxy) is 1.